The van der Waals surface area contributed by atoms with E-state index in [4.69, 9.17) is 9.97 Å². The minimum Gasteiger partial charge on any atom is -0.355 e. The summed E-state index contributed by atoms with van der Waals surface area (Å²) >= 11 is 0. The fourth-order valence-corrected chi connectivity index (χ4v) is 7.10. The summed E-state index contributed by atoms with van der Waals surface area (Å²) in [7, 11) is 0. The van der Waals surface area contributed by atoms with Crippen molar-refractivity contribution >= 4 is 44.4 Å². The van der Waals surface area contributed by atoms with Gasteiger partial charge in [-0.3, -0.25) is 0 Å². The van der Waals surface area contributed by atoms with E-state index in [1.54, 1.807) is 0 Å². The zero-order chi connectivity index (χ0) is 28.6. The maximum atomic E-state index is 5.29. The Hall–Kier alpha value is -2.78. The summed E-state index contributed by atoms with van der Waals surface area (Å²) in [5, 5.41) is 0. The van der Waals surface area contributed by atoms with Crippen LogP contribution in [0, 0.1) is 0 Å². The third kappa shape index (κ3) is 5.31. The van der Waals surface area contributed by atoms with Crippen LogP contribution in [-0.2, 0) is 45.2 Å². The number of aromatic amines is 2. The molecule has 5 heteroatoms. The average Bonchev–Trinajstić information content (AvgIpc) is 3.67. The first kappa shape index (κ1) is 31.2. The average molecular weight is 638 g/mol. The van der Waals surface area contributed by atoms with Crippen molar-refractivity contribution < 1.29 is 19.5 Å². The number of fused-ring (bicyclic) bond motifs is 8. The molecule has 2 aliphatic rings. The first-order valence-corrected chi connectivity index (χ1v) is 15.7. The van der Waals surface area contributed by atoms with Gasteiger partial charge in [0, 0.05) is 41.5 Å². The Bertz CT molecular complexity index is 1440. The molecule has 2 aliphatic heterocycles. The van der Waals surface area contributed by atoms with E-state index in [1.165, 1.54) is 66.6 Å². The van der Waals surface area contributed by atoms with Gasteiger partial charge in [-0.25, -0.2) is 9.97 Å². The van der Waals surface area contributed by atoms with Gasteiger partial charge in [-0.1, -0.05) is 55.4 Å². The van der Waals surface area contributed by atoms with E-state index in [0.717, 1.165) is 74.1 Å². The zero-order valence-electron chi connectivity index (χ0n) is 26.2. The third-order valence-electron chi connectivity index (χ3n) is 8.97. The van der Waals surface area contributed by atoms with E-state index < -0.39 is 0 Å². The van der Waals surface area contributed by atoms with E-state index >= 15 is 0 Å². The molecule has 8 bridgehead atoms. The van der Waals surface area contributed by atoms with Crippen LogP contribution in [0.25, 0.3) is 44.4 Å². The number of aromatic nitrogens is 4. The molecule has 5 heterocycles. The molecule has 41 heavy (non-hydrogen) atoms. The Kier molecular flexibility index (Phi) is 9.90. The maximum absolute atomic E-state index is 5.29. The molecule has 0 saturated heterocycles. The number of nitrogens with zero attached hydrogens (tertiary/aromatic N) is 2. The van der Waals surface area contributed by atoms with Crippen LogP contribution in [0.3, 0.4) is 0 Å². The van der Waals surface area contributed by atoms with Crippen molar-refractivity contribution in [3.63, 3.8) is 0 Å². The molecule has 3 aromatic rings. The first-order chi connectivity index (χ1) is 19.5. The van der Waals surface area contributed by atoms with Gasteiger partial charge in [0.15, 0.2) is 0 Å². The number of allylic oxidation sites excluding steroid dienone is 4. The standard InChI is InChI=1S/C36H46N4.Rh/c1-9-21-22(10-2)30-18-32-25(13-5)26(14-6)34(39-32)20-36-28(16-8)27(15-7)35(40-36)19-33-24(12-4)23(11-3)31(38-33)17-29(21)37-30;/h17-20,37,40H,9-16H2,1-8H3;. The largest absolute Gasteiger partial charge is 0.355 e. The van der Waals surface area contributed by atoms with Gasteiger partial charge in [-0.2, -0.15) is 0 Å². The number of nitrogens with one attached hydrogen (secondary N) is 2. The van der Waals surface area contributed by atoms with Crippen LogP contribution in [-0.4, -0.2) is 19.9 Å². The Morgan fingerprint density at radius 2 is 0.610 bits per heavy atom. The van der Waals surface area contributed by atoms with Crippen LogP contribution in [0.2, 0.25) is 0 Å². The fraction of sp³-hybridized carbons (Fsp3) is 0.444. The smallest absolute Gasteiger partial charge is 0.0693 e. The predicted octanol–water partition coefficient (Wildman–Crippen LogP) is 10.0. The van der Waals surface area contributed by atoms with Crippen LogP contribution < -0.4 is 0 Å². The van der Waals surface area contributed by atoms with E-state index in [9.17, 15) is 0 Å². The molecule has 0 amide bonds. The number of H-pyrrole nitrogens is 2. The van der Waals surface area contributed by atoms with Crippen LogP contribution >= 0.6 is 0 Å². The second kappa shape index (κ2) is 13.0. The van der Waals surface area contributed by atoms with E-state index in [0.29, 0.717) is 0 Å². The van der Waals surface area contributed by atoms with Gasteiger partial charge in [-0.15, -0.1) is 0 Å². The second-order valence-electron chi connectivity index (χ2n) is 10.9. The molecule has 0 unspecified atom stereocenters. The van der Waals surface area contributed by atoms with Gasteiger partial charge in [0.1, 0.15) is 0 Å². The molecule has 1 radical (unpaired) electrons. The minimum absolute atomic E-state index is 0. The van der Waals surface area contributed by atoms with Gasteiger partial charge in [0.05, 0.1) is 22.8 Å². The van der Waals surface area contributed by atoms with Crippen LogP contribution in [0.15, 0.2) is 24.3 Å². The predicted molar refractivity (Wildman–Crippen MR) is 173 cm³/mol. The Morgan fingerprint density at radius 3 is 0.780 bits per heavy atom. The zero-order valence-corrected chi connectivity index (χ0v) is 27.8. The molecule has 0 spiro atoms. The molecule has 5 rings (SSSR count). The Labute approximate surface area is 259 Å². The van der Waals surface area contributed by atoms with Gasteiger partial charge in [-0.05, 0) is 120 Å². The molecule has 3 aromatic heterocycles. The first-order valence-electron chi connectivity index (χ1n) is 15.7. The maximum Gasteiger partial charge on any atom is 0.0693 e. The Balaban J connectivity index is 0.00000387. The van der Waals surface area contributed by atoms with Crippen molar-refractivity contribution in [1.82, 2.24) is 19.9 Å². The SMILES string of the molecule is CCC1=C(CC)c2cc3[nH]c(cc4nc(cc5[nH]c(cc1n2)c(CC)c5CC)C(CC)=C4CC)c(CC)c3CC.[Rh]. The topological polar surface area (TPSA) is 57.4 Å². The normalized spacial score (nSPS) is 13.3. The summed E-state index contributed by atoms with van der Waals surface area (Å²) in [6.45, 7) is 18.1. The van der Waals surface area contributed by atoms with Gasteiger partial charge in [0.2, 0.25) is 0 Å². The molecular weight excluding hydrogens is 591 g/mol. The molecule has 0 fully saturated rings. The second-order valence-corrected chi connectivity index (χ2v) is 10.9. The molecule has 0 aliphatic carbocycles. The van der Waals surface area contributed by atoms with Gasteiger partial charge < -0.3 is 9.97 Å². The summed E-state index contributed by atoms with van der Waals surface area (Å²) in [6.07, 6.45) is 7.84. The monoisotopic (exact) mass is 637 g/mol. The summed E-state index contributed by atoms with van der Waals surface area (Å²) in [6, 6.07) is 9.24. The minimum atomic E-state index is 0. The summed E-state index contributed by atoms with van der Waals surface area (Å²) in [5.74, 6) is 0. The molecule has 2 N–H and O–H groups in total. The molecule has 0 saturated carbocycles. The van der Waals surface area contributed by atoms with Gasteiger partial charge in [0.25, 0.3) is 0 Å². The van der Waals surface area contributed by atoms with Crippen molar-refractivity contribution in [2.45, 2.75) is 107 Å². The van der Waals surface area contributed by atoms with Crippen LogP contribution in [0.5, 0.6) is 0 Å². The number of hydrogen-bond acceptors (Lipinski definition) is 2. The van der Waals surface area contributed by atoms with Crippen molar-refractivity contribution in [1.29, 1.82) is 0 Å². The fourth-order valence-electron chi connectivity index (χ4n) is 7.10. The van der Waals surface area contributed by atoms with Crippen molar-refractivity contribution in [3.05, 3.63) is 69.3 Å². The van der Waals surface area contributed by atoms with Crippen LogP contribution in [0.4, 0.5) is 0 Å². The number of aryl methyl sites for hydroxylation is 4. The van der Waals surface area contributed by atoms with E-state index in [1.807, 2.05) is 0 Å². The molecule has 0 aromatic carbocycles. The molecule has 219 valence electrons. The van der Waals surface area contributed by atoms with Crippen LogP contribution in [0.1, 0.15) is 126 Å². The van der Waals surface area contributed by atoms with Crippen molar-refractivity contribution in [2.24, 2.45) is 0 Å². The van der Waals surface area contributed by atoms with E-state index in [-0.39, 0.29) is 19.5 Å². The van der Waals surface area contributed by atoms with E-state index in [2.05, 4.69) is 89.6 Å². The Morgan fingerprint density at radius 1 is 0.390 bits per heavy atom. The molecular formula is C36H46N4Rh. The van der Waals surface area contributed by atoms with Crippen molar-refractivity contribution in [3.8, 4) is 0 Å². The number of hydrogen-bond donors (Lipinski definition) is 2. The summed E-state index contributed by atoms with van der Waals surface area (Å²) < 4.78 is 0. The summed E-state index contributed by atoms with van der Waals surface area (Å²) in [5.41, 5.74) is 20.2. The third-order valence-corrected chi connectivity index (χ3v) is 8.97. The quantitative estimate of drug-likeness (QED) is 0.242. The summed E-state index contributed by atoms with van der Waals surface area (Å²) in [4.78, 5) is 18.2. The number of rotatable bonds is 8. The molecule has 0 atom stereocenters. The van der Waals surface area contributed by atoms with Gasteiger partial charge >= 0.3 is 0 Å². The van der Waals surface area contributed by atoms with Crippen molar-refractivity contribution in [2.75, 3.05) is 0 Å². The molecule has 4 nitrogen and oxygen atoms in total.